The van der Waals surface area contributed by atoms with Crippen molar-refractivity contribution in [2.24, 2.45) is 0 Å². The van der Waals surface area contributed by atoms with Crippen molar-refractivity contribution < 1.29 is 17.2 Å². The molecule has 1 N–H and O–H groups in total. The Hall–Kier alpha value is -3.26. The smallest absolute Gasteiger partial charge is 0.176 e. The van der Waals surface area contributed by atoms with Gasteiger partial charge in [-0.25, -0.2) is 17.2 Å². The van der Waals surface area contributed by atoms with Crippen LogP contribution in [0.15, 0.2) is 90.6 Å². The maximum atomic E-state index is 13.9. The summed E-state index contributed by atoms with van der Waals surface area (Å²) in [5.41, 5.74) is 5.01. The Morgan fingerprint density at radius 2 is 1.54 bits per heavy atom. The molecule has 190 valence electrons. The molecule has 1 saturated heterocycles. The van der Waals surface area contributed by atoms with E-state index >= 15 is 0 Å². The normalized spacial score (nSPS) is 14.9. The second-order valence-corrected chi connectivity index (χ2v) is 11.7. The van der Waals surface area contributed by atoms with Gasteiger partial charge in [-0.05, 0) is 64.2 Å². The highest BCUT2D eigenvalue weighted by molar-refractivity contribution is 8.00. The maximum absolute atomic E-state index is 13.9. The van der Waals surface area contributed by atoms with Crippen LogP contribution in [0.1, 0.15) is 34.0 Å². The lowest BCUT2D eigenvalue weighted by Gasteiger charge is -2.42. The molecular weight excluding hydrogens is 514 g/mol. The van der Waals surface area contributed by atoms with Gasteiger partial charge in [-0.2, -0.15) is 0 Å². The van der Waals surface area contributed by atoms with Gasteiger partial charge in [-0.3, -0.25) is 4.90 Å². The van der Waals surface area contributed by atoms with E-state index in [0.29, 0.717) is 23.7 Å². The molecular formula is C29H25ClF2N2O2S. The molecule has 1 unspecified atom stereocenters. The molecule has 8 heteroatoms. The van der Waals surface area contributed by atoms with Crippen molar-refractivity contribution in [2.45, 2.75) is 12.5 Å². The Balaban J connectivity index is 1.48. The van der Waals surface area contributed by atoms with Gasteiger partial charge in [0.05, 0.1) is 10.9 Å². The van der Waals surface area contributed by atoms with E-state index in [2.05, 4.69) is 34.1 Å². The zero-order valence-corrected chi connectivity index (χ0v) is 21.7. The predicted molar refractivity (Wildman–Crippen MR) is 143 cm³/mol. The molecule has 0 aliphatic carbocycles. The summed E-state index contributed by atoms with van der Waals surface area (Å²) < 4.78 is 53.2. The molecule has 1 aromatic heterocycles. The van der Waals surface area contributed by atoms with E-state index in [1.807, 2.05) is 42.6 Å². The lowest BCUT2D eigenvalue weighted by molar-refractivity contribution is 0.203. The average Bonchev–Trinajstić information content (AvgIpc) is 3.31. The highest BCUT2D eigenvalue weighted by Gasteiger charge is 2.35. The van der Waals surface area contributed by atoms with Crippen molar-refractivity contribution >= 4 is 26.3 Å². The lowest BCUT2D eigenvalue weighted by atomic mass is 9.91. The maximum Gasteiger partial charge on any atom is 0.176 e. The summed E-state index contributed by atoms with van der Waals surface area (Å²) >= 11 is 6.13. The number of sulfone groups is 1. The van der Waals surface area contributed by atoms with Crippen molar-refractivity contribution in [3.63, 3.8) is 0 Å². The summed E-state index contributed by atoms with van der Waals surface area (Å²) in [5.74, 6) is -1.63. The zero-order valence-electron chi connectivity index (χ0n) is 20.1. The molecule has 0 spiro atoms. The number of hydrogen-bond acceptors (Lipinski definition) is 3. The number of hydrogen-bond donors (Lipinski definition) is 1. The third-order valence-electron chi connectivity index (χ3n) is 6.51. The number of rotatable bonds is 7. The summed E-state index contributed by atoms with van der Waals surface area (Å²) in [7, 11) is -3.73. The molecule has 0 amide bonds. The van der Waals surface area contributed by atoms with Crippen LogP contribution in [0, 0.1) is 11.6 Å². The molecule has 0 saturated carbocycles. The van der Waals surface area contributed by atoms with E-state index in [9.17, 15) is 17.2 Å². The highest BCUT2D eigenvalue weighted by Crippen LogP contribution is 2.38. The Morgan fingerprint density at radius 3 is 2.08 bits per heavy atom. The first-order valence-electron chi connectivity index (χ1n) is 11.8. The van der Waals surface area contributed by atoms with Gasteiger partial charge in [0.15, 0.2) is 9.84 Å². The van der Waals surface area contributed by atoms with Crippen LogP contribution in [0.3, 0.4) is 0 Å². The molecule has 4 nitrogen and oxygen atoms in total. The van der Waals surface area contributed by atoms with Gasteiger partial charge >= 0.3 is 0 Å². The minimum atomic E-state index is -3.73. The standard InChI is InChI=1S/C29H25ClF2N2O2S/c1-37(35,36)29(22-14-25(31)16-26(32)15-22)23-17-34(18-23)28(21-8-10-24(30)11-9-21)20-6-4-19(5-7-20)13-27-3-2-12-33-27/h2-12,14-16,28,33H,13,17-18H2,1H3. The summed E-state index contributed by atoms with van der Waals surface area (Å²) in [6, 6.07) is 22.7. The minimum absolute atomic E-state index is 0.0155. The molecule has 1 aliphatic rings. The molecule has 1 aliphatic heterocycles. The summed E-state index contributed by atoms with van der Waals surface area (Å²) in [4.78, 5) is 5.34. The second-order valence-electron chi connectivity index (χ2n) is 9.34. The number of aromatic amines is 1. The number of aromatic nitrogens is 1. The number of benzene rings is 3. The third kappa shape index (κ3) is 5.69. The molecule has 1 atom stereocenters. The summed E-state index contributed by atoms with van der Waals surface area (Å²) in [5, 5.41) is 0.625. The molecule has 5 rings (SSSR count). The summed E-state index contributed by atoms with van der Waals surface area (Å²) in [6.07, 6.45) is 3.76. The van der Waals surface area contributed by atoms with Crippen molar-refractivity contribution in [3.8, 4) is 0 Å². The zero-order chi connectivity index (χ0) is 26.2. The van der Waals surface area contributed by atoms with Gasteiger partial charge < -0.3 is 4.98 Å². The first kappa shape index (κ1) is 25.4. The Labute approximate surface area is 220 Å². The summed E-state index contributed by atoms with van der Waals surface area (Å²) in [6.45, 7) is 0.691. The van der Waals surface area contributed by atoms with E-state index < -0.39 is 21.5 Å². The monoisotopic (exact) mass is 538 g/mol. The van der Waals surface area contributed by atoms with E-state index in [1.54, 1.807) is 0 Å². The molecule has 3 aromatic carbocycles. The molecule has 1 fully saturated rings. The van der Waals surface area contributed by atoms with Crippen LogP contribution in [0.5, 0.6) is 0 Å². The van der Waals surface area contributed by atoms with Gasteiger partial charge in [-0.1, -0.05) is 48.0 Å². The van der Waals surface area contributed by atoms with E-state index in [4.69, 9.17) is 11.6 Å². The molecule has 0 bridgehead atoms. The Morgan fingerprint density at radius 1 is 0.946 bits per heavy atom. The fraction of sp³-hybridized carbons (Fsp3) is 0.172. The topological polar surface area (TPSA) is 53.2 Å². The van der Waals surface area contributed by atoms with Gasteiger partial charge in [0, 0.05) is 48.7 Å². The largest absolute Gasteiger partial charge is 0.365 e. The fourth-order valence-electron chi connectivity index (χ4n) is 4.91. The molecule has 37 heavy (non-hydrogen) atoms. The fourth-order valence-corrected chi connectivity index (χ4v) is 6.24. The van der Waals surface area contributed by atoms with Crippen LogP contribution in [-0.4, -0.2) is 37.6 Å². The van der Waals surface area contributed by atoms with Crippen LogP contribution in [0.4, 0.5) is 8.78 Å². The Bertz CT molecular complexity index is 1520. The molecule has 2 heterocycles. The third-order valence-corrected chi connectivity index (χ3v) is 8.03. The van der Waals surface area contributed by atoms with Gasteiger partial charge in [0.25, 0.3) is 0 Å². The van der Waals surface area contributed by atoms with Crippen LogP contribution in [-0.2, 0) is 16.3 Å². The number of H-pyrrole nitrogens is 1. The Kier molecular flexibility index (Phi) is 7.03. The quantitative estimate of drug-likeness (QED) is 0.296. The molecule has 4 aromatic rings. The van der Waals surface area contributed by atoms with Crippen LogP contribution >= 0.6 is 11.6 Å². The van der Waals surface area contributed by atoms with E-state index in [-0.39, 0.29) is 16.5 Å². The first-order chi connectivity index (χ1) is 17.7. The predicted octanol–water partition coefficient (Wildman–Crippen LogP) is 6.40. The number of halogens is 3. The van der Waals surface area contributed by atoms with Gasteiger partial charge in [0.1, 0.15) is 11.6 Å². The first-order valence-corrected chi connectivity index (χ1v) is 14.0. The SMILES string of the molecule is CS(=O)(=O)C(=C1CN(C(c2ccc(Cl)cc2)c2ccc(Cc3ccc[nH]3)cc2)C1)c1cc(F)cc(F)c1. The number of nitrogens with one attached hydrogen (secondary N) is 1. The van der Waals surface area contributed by atoms with Crippen LogP contribution in [0.2, 0.25) is 5.02 Å². The van der Waals surface area contributed by atoms with Crippen molar-refractivity contribution in [2.75, 3.05) is 19.3 Å². The van der Waals surface area contributed by atoms with Gasteiger partial charge in [-0.15, -0.1) is 0 Å². The van der Waals surface area contributed by atoms with Crippen molar-refractivity contribution in [1.82, 2.24) is 9.88 Å². The second kappa shape index (κ2) is 10.2. The highest BCUT2D eigenvalue weighted by atomic mass is 35.5. The van der Waals surface area contributed by atoms with Crippen molar-refractivity contribution in [3.05, 3.63) is 135 Å². The average molecular weight is 539 g/mol. The van der Waals surface area contributed by atoms with E-state index in [1.165, 1.54) is 0 Å². The van der Waals surface area contributed by atoms with Crippen LogP contribution in [0.25, 0.3) is 4.91 Å². The molecule has 0 radical (unpaired) electrons. The van der Waals surface area contributed by atoms with Crippen LogP contribution < -0.4 is 0 Å². The van der Waals surface area contributed by atoms with E-state index in [0.717, 1.165) is 53.3 Å². The number of likely N-dealkylation sites (tertiary alicyclic amines) is 1. The number of nitrogens with zero attached hydrogens (tertiary/aromatic N) is 1. The minimum Gasteiger partial charge on any atom is -0.365 e. The van der Waals surface area contributed by atoms with Gasteiger partial charge in [0.2, 0.25) is 0 Å². The van der Waals surface area contributed by atoms with Crippen molar-refractivity contribution in [1.29, 1.82) is 0 Å². The lowest BCUT2D eigenvalue weighted by Crippen LogP contribution is -2.44.